The first-order valence-corrected chi connectivity index (χ1v) is 12.3. The quantitative estimate of drug-likeness (QED) is 0.418. The lowest BCUT2D eigenvalue weighted by Gasteiger charge is -2.26. The molecule has 0 spiro atoms. The zero-order valence-corrected chi connectivity index (χ0v) is 22.3. The molecular weight excluding hydrogens is 496 g/mol. The molecule has 0 saturated carbocycles. The van der Waals surface area contributed by atoms with Gasteiger partial charge < -0.3 is 23.7 Å². The largest absolute Gasteiger partial charge is 0.497 e. The Morgan fingerprint density at radius 3 is 2.32 bits per heavy atom. The number of rotatable bonds is 8. The molecule has 1 atom stereocenters. The van der Waals surface area contributed by atoms with Crippen LogP contribution < -0.4 is 33.8 Å². The number of carbonyl (C=O) groups excluding carboxylic acids is 1. The second-order valence-electron chi connectivity index (χ2n) is 8.02. The van der Waals surface area contributed by atoms with Gasteiger partial charge in [0.05, 0.1) is 50.8 Å². The van der Waals surface area contributed by atoms with Crippen LogP contribution >= 0.6 is 11.3 Å². The van der Waals surface area contributed by atoms with E-state index in [4.69, 9.17) is 23.7 Å². The van der Waals surface area contributed by atoms with Crippen LogP contribution in [-0.2, 0) is 9.53 Å². The number of allylic oxidation sites excluding steroid dienone is 1. The molecule has 2 aromatic carbocycles. The lowest BCUT2D eigenvalue weighted by molar-refractivity contribution is -0.139. The van der Waals surface area contributed by atoms with Crippen LogP contribution in [-0.4, -0.2) is 45.6 Å². The lowest BCUT2D eigenvalue weighted by atomic mass is 9.95. The Bertz CT molecular complexity index is 1550. The number of aromatic nitrogens is 1. The summed E-state index contributed by atoms with van der Waals surface area (Å²) in [6.07, 6.45) is 1.73. The van der Waals surface area contributed by atoms with Crippen LogP contribution in [0.4, 0.5) is 0 Å². The summed E-state index contributed by atoms with van der Waals surface area (Å²) in [5.74, 6) is 1.71. The molecule has 194 valence electrons. The minimum Gasteiger partial charge on any atom is -0.497 e. The van der Waals surface area contributed by atoms with Gasteiger partial charge in [-0.3, -0.25) is 9.36 Å². The minimum absolute atomic E-state index is 0.183. The second kappa shape index (κ2) is 10.9. The number of esters is 1. The highest BCUT2D eigenvalue weighted by molar-refractivity contribution is 7.07. The topological polar surface area (TPSA) is 97.6 Å². The summed E-state index contributed by atoms with van der Waals surface area (Å²) in [5.41, 5.74) is 1.70. The molecule has 0 fully saturated rings. The SMILES string of the molecule is CCOC(=O)C1=C(C)N=c2s/c(=C\c3cc(OC)ccc3OC)c(=O)n2[C@H]1c1ccc(OC)cc1OC. The molecule has 9 nitrogen and oxygen atoms in total. The summed E-state index contributed by atoms with van der Waals surface area (Å²) in [6.45, 7) is 3.65. The van der Waals surface area contributed by atoms with Crippen molar-refractivity contribution in [1.29, 1.82) is 0 Å². The number of benzene rings is 2. The van der Waals surface area contributed by atoms with Crippen LogP contribution in [0.2, 0.25) is 0 Å². The van der Waals surface area contributed by atoms with E-state index in [1.54, 1.807) is 77.7 Å². The second-order valence-corrected chi connectivity index (χ2v) is 9.03. The van der Waals surface area contributed by atoms with Crippen LogP contribution in [0.1, 0.15) is 31.0 Å². The fourth-order valence-corrected chi connectivity index (χ4v) is 5.26. The Hall–Kier alpha value is -4.05. The highest BCUT2D eigenvalue weighted by atomic mass is 32.1. The first-order valence-electron chi connectivity index (χ1n) is 11.5. The molecule has 1 aromatic heterocycles. The summed E-state index contributed by atoms with van der Waals surface area (Å²) in [4.78, 5) is 32.1. The lowest BCUT2D eigenvalue weighted by Crippen LogP contribution is -2.40. The van der Waals surface area contributed by atoms with Gasteiger partial charge in [0.25, 0.3) is 5.56 Å². The zero-order valence-electron chi connectivity index (χ0n) is 21.5. The maximum Gasteiger partial charge on any atom is 0.338 e. The summed E-state index contributed by atoms with van der Waals surface area (Å²) in [6, 6.07) is 9.78. The van der Waals surface area contributed by atoms with Crippen LogP contribution in [0.15, 0.2) is 57.5 Å². The summed E-state index contributed by atoms with van der Waals surface area (Å²) in [7, 11) is 6.21. The molecule has 1 aliphatic rings. The predicted molar refractivity (Wildman–Crippen MR) is 139 cm³/mol. The number of thiazole rings is 1. The fraction of sp³-hybridized carbons (Fsp3) is 0.296. The van der Waals surface area contributed by atoms with Gasteiger partial charge in [-0.25, -0.2) is 9.79 Å². The van der Waals surface area contributed by atoms with Crippen LogP contribution in [0, 0.1) is 0 Å². The van der Waals surface area contributed by atoms with Gasteiger partial charge in [0.2, 0.25) is 0 Å². The van der Waals surface area contributed by atoms with Crippen molar-refractivity contribution in [3.63, 3.8) is 0 Å². The van der Waals surface area contributed by atoms with Crippen molar-refractivity contribution in [3.05, 3.63) is 78.5 Å². The Morgan fingerprint density at radius 1 is 1.00 bits per heavy atom. The van der Waals surface area contributed by atoms with Crippen molar-refractivity contribution in [2.24, 2.45) is 4.99 Å². The van der Waals surface area contributed by atoms with Crippen molar-refractivity contribution >= 4 is 23.4 Å². The van der Waals surface area contributed by atoms with Gasteiger partial charge in [0.1, 0.15) is 29.0 Å². The molecule has 0 aliphatic carbocycles. The van der Waals surface area contributed by atoms with Gasteiger partial charge >= 0.3 is 5.97 Å². The smallest absolute Gasteiger partial charge is 0.338 e. The van der Waals surface area contributed by atoms with E-state index < -0.39 is 12.0 Å². The van der Waals surface area contributed by atoms with Crippen molar-refractivity contribution in [3.8, 4) is 23.0 Å². The molecule has 37 heavy (non-hydrogen) atoms. The van der Waals surface area contributed by atoms with Crippen molar-refractivity contribution in [2.45, 2.75) is 19.9 Å². The van der Waals surface area contributed by atoms with Gasteiger partial charge in [-0.2, -0.15) is 0 Å². The van der Waals surface area contributed by atoms with Gasteiger partial charge in [0.15, 0.2) is 4.80 Å². The molecule has 1 aliphatic heterocycles. The minimum atomic E-state index is -0.814. The molecule has 10 heteroatoms. The molecular formula is C27H28N2O7S. The third-order valence-electron chi connectivity index (χ3n) is 5.98. The summed E-state index contributed by atoms with van der Waals surface area (Å²) < 4.78 is 29.1. The molecule has 0 radical (unpaired) electrons. The van der Waals surface area contributed by atoms with E-state index >= 15 is 0 Å². The van der Waals surface area contributed by atoms with Crippen LogP contribution in [0.25, 0.3) is 6.08 Å². The number of methoxy groups -OCH3 is 4. The summed E-state index contributed by atoms with van der Waals surface area (Å²) in [5, 5.41) is 0. The molecule has 0 unspecified atom stereocenters. The van der Waals surface area contributed by atoms with Gasteiger partial charge in [-0.15, -0.1) is 0 Å². The number of hydrogen-bond donors (Lipinski definition) is 0. The van der Waals surface area contributed by atoms with E-state index in [0.717, 1.165) is 0 Å². The van der Waals surface area contributed by atoms with Gasteiger partial charge in [-0.1, -0.05) is 11.3 Å². The molecule has 0 N–H and O–H groups in total. The Balaban J connectivity index is 2.01. The van der Waals surface area contributed by atoms with Crippen molar-refractivity contribution in [1.82, 2.24) is 4.57 Å². The number of fused-ring (bicyclic) bond motifs is 1. The van der Waals surface area contributed by atoms with Crippen LogP contribution in [0.5, 0.6) is 23.0 Å². The zero-order chi connectivity index (χ0) is 26.7. The number of hydrogen-bond acceptors (Lipinski definition) is 9. The van der Waals surface area contributed by atoms with E-state index in [0.29, 0.717) is 49.2 Å². The van der Waals surface area contributed by atoms with E-state index in [9.17, 15) is 9.59 Å². The number of carbonyl (C=O) groups is 1. The highest BCUT2D eigenvalue weighted by Crippen LogP contribution is 2.37. The third kappa shape index (κ3) is 4.84. The summed E-state index contributed by atoms with van der Waals surface area (Å²) >= 11 is 1.22. The van der Waals surface area contributed by atoms with Gasteiger partial charge in [-0.05, 0) is 50.3 Å². The Kier molecular flexibility index (Phi) is 7.68. The van der Waals surface area contributed by atoms with E-state index in [-0.39, 0.29) is 17.7 Å². The molecule has 0 amide bonds. The highest BCUT2D eigenvalue weighted by Gasteiger charge is 2.35. The van der Waals surface area contributed by atoms with Crippen LogP contribution in [0.3, 0.4) is 0 Å². The predicted octanol–water partition coefficient (Wildman–Crippen LogP) is 2.83. The number of ether oxygens (including phenoxy) is 5. The Morgan fingerprint density at radius 2 is 1.68 bits per heavy atom. The van der Waals surface area contributed by atoms with Crippen molar-refractivity contribution in [2.75, 3.05) is 35.0 Å². The average molecular weight is 525 g/mol. The molecule has 0 saturated heterocycles. The average Bonchev–Trinajstić information content (AvgIpc) is 3.21. The monoisotopic (exact) mass is 524 g/mol. The van der Waals surface area contributed by atoms with Crippen molar-refractivity contribution < 1.29 is 28.5 Å². The number of nitrogens with zero attached hydrogens (tertiary/aromatic N) is 2. The van der Waals surface area contributed by atoms with Gasteiger partial charge in [0, 0.05) is 17.2 Å². The maximum atomic E-state index is 13.9. The Labute approximate surface area is 217 Å². The maximum absolute atomic E-state index is 13.9. The molecule has 4 rings (SSSR count). The molecule has 2 heterocycles. The standard InChI is InChI=1S/C27H28N2O7S/c1-7-36-26(31)23-15(2)28-27-29(24(23)19-10-8-18(33-4)14-21(19)35-6)25(30)22(37-27)13-16-12-17(32-3)9-11-20(16)34-5/h8-14,24H,7H2,1-6H3/b22-13-/t24-/m0/s1. The first-order chi connectivity index (χ1) is 17.9. The molecule has 3 aromatic rings. The normalized spacial score (nSPS) is 15.1. The van der Waals surface area contributed by atoms with E-state index in [2.05, 4.69) is 4.99 Å². The van der Waals surface area contributed by atoms with E-state index in [1.807, 2.05) is 0 Å². The fourth-order valence-electron chi connectivity index (χ4n) is 4.22. The first kappa shape index (κ1) is 26.0. The molecule has 0 bridgehead atoms. The third-order valence-corrected chi connectivity index (χ3v) is 6.96. The van der Waals surface area contributed by atoms with E-state index in [1.165, 1.54) is 23.0 Å².